The molecule has 0 aliphatic heterocycles. The van der Waals surface area contributed by atoms with Gasteiger partial charge in [-0.25, -0.2) is 0 Å². The van der Waals surface area contributed by atoms with Crippen LogP contribution in [-0.4, -0.2) is 12.9 Å². The Kier molecular flexibility index (Phi) is 4.70. The predicted octanol–water partition coefficient (Wildman–Crippen LogP) is 4.71. The van der Waals surface area contributed by atoms with Crippen LogP contribution in [0.15, 0.2) is 42.5 Å². The molecular weight excluding hydrogens is 297 g/mol. The Bertz CT molecular complexity index is 649. The first kappa shape index (κ1) is 15.9. The van der Waals surface area contributed by atoms with E-state index in [1.807, 2.05) is 6.92 Å². The zero-order valence-electron chi connectivity index (χ0n) is 11.7. The summed E-state index contributed by atoms with van der Waals surface area (Å²) in [4.78, 5) is 11.0. The highest BCUT2D eigenvalue weighted by molar-refractivity contribution is 5.80. The van der Waals surface area contributed by atoms with Gasteiger partial charge in [0, 0.05) is 0 Å². The highest BCUT2D eigenvalue weighted by Crippen LogP contribution is 2.33. The third-order valence-corrected chi connectivity index (χ3v) is 2.83. The lowest BCUT2D eigenvalue weighted by Crippen LogP contribution is -2.05. The van der Waals surface area contributed by atoms with E-state index in [0.717, 1.165) is 18.2 Å². The van der Waals surface area contributed by atoms with E-state index >= 15 is 0 Å². The SMILES string of the molecule is CCOc1ccc(Oc2ccc(C(F)(F)F)cc2C=O)cc1. The lowest BCUT2D eigenvalue weighted by Gasteiger charge is -2.12. The molecule has 0 radical (unpaired) electrons. The normalized spacial score (nSPS) is 11.1. The van der Waals surface area contributed by atoms with Gasteiger partial charge in [-0.05, 0) is 49.4 Å². The molecule has 2 aromatic rings. The van der Waals surface area contributed by atoms with E-state index in [1.54, 1.807) is 24.3 Å². The fraction of sp³-hybridized carbons (Fsp3) is 0.188. The first-order valence-electron chi connectivity index (χ1n) is 6.51. The number of hydrogen-bond acceptors (Lipinski definition) is 3. The van der Waals surface area contributed by atoms with E-state index in [1.165, 1.54) is 0 Å². The van der Waals surface area contributed by atoms with Crippen LogP contribution in [0.4, 0.5) is 13.2 Å². The van der Waals surface area contributed by atoms with Gasteiger partial charge in [0.25, 0.3) is 0 Å². The van der Waals surface area contributed by atoms with Gasteiger partial charge >= 0.3 is 6.18 Å². The van der Waals surface area contributed by atoms with Gasteiger partial charge in [-0.3, -0.25) is 4.79 Å². The number of carbonyl (C=O) groups excluding carboxylic acids is 1. The van der Waals surface area contributed by atoms with Crippen molar-refractivity contribution >= 4 is 6.29 Å². The minimum absolute atomic E-state index is 0.0622. The van der Waals surface area contributed by atoms with Crippen molar-refractivity contribution in [2.45, 2.75) is 13.1 Å². The highest BCUT2D eigenvalue weighted by atomic mass is 19.4. The minimum Gasteiger partial charge on any atom is -0.494 e. The molecule has 0 heterocycles. The van der Waals surface area contributed by atoms with Crippen molar-refractivity contribution in [1.82, 2.24) is 0 Å². The van der Waals surface area contributed by atoms with E-state index < -0.39 is 11.7 Å². The van der Waals surface area contributed by atoms with Crippen molar-refractivity contribution in [2.24, 2.45) is 0 Å². The van der Waals surface area contributed by atoms with Crippen LogP contribution in [0.5, 0.6) is 17.2 Å². The summed E-state index contributed by atoms with van der Waals surface area (Å²) >= 11 is 0. The molecule has 0 spiro atoms. The topological polar surface area (TPSA) is 35.5 Å². The molecule has 0 atom stereocenters. The van der Waals surface area contributed by atoms with E-state index in [2.05, 4.69) is 0 Å². The van der Waals surface area contributed by atoms with Crippen LogP contribution in [-0.2, 0) is 6.18 Å². The number of carbonyl (C=O) groups is 1. The van der Waals surface area contributed by atoms with Gasteiger partial charge in [0.1, 0.15) is 17.2 Å². The third-order valence-electron chi connectivity index (χ3n) is 2.83. The molecule has 0 amide bonds. The summed E-state index contributed by atoms with van der Waals surface area (Å²) in [5.74, 6) is 1.11. The van der Waals surface area contributed by atoms with Crippen LogP contribution >= 0.6 is 0 Å². The van der Waals surface area contributed by atoms with Crippen LogP contribution in [0, 0.1) is 0 Å². The van der Waals surface area contributed by atoms with Crippen LogP contribution in [0.25, 0.3) is 0 Å². The molecule has 0 aromatic heterocycles. The zero-order chi connectivity index (χ0) is 16.2. The maximum Gasteiger partial charge on any atom is 0.416 e. The second-order valence-corrected chi connectivity index (χ2v) is 4.37. The summed E-state index contributed by atoms with van der Waals surface area (Å²) in [6.45, 7) is 2.37. The summed E-state index contributed by atoms with van der Waals surface area (Å²) in [5.41, 5.74) is -1.06. The van der Waals surface area contributed by atoms with Crippen molar-refractivity contribution in [3.05, 3.63) is 53.6 Å². The number of benzene rings is 2. The van der Waals surface area contributed by atoms with E-state index in [9.17, 15) is 18.0 Å². The van der Waals surface area contributed by atoms with Crippen molar-refractivity contribution in [1.29, 1.82) is 0 Å². The van der Waals surface area contributed by atoms with Gasteiger partial charge in [-0.2, -0.15) is 13.2 Å². The Balaban J connectivity index is 2.23. The Hall–Kier alpha value is -2.50. The number of halogens is 3. The number of alkyl halides is 3. The molecule has 0 bridgehead atoms. The molecule has 22 heavy (non-hydrogen) atoms. The molecule has 116 valence electrons. The number of aldehydes is 1. The van der Waals surface area contributed by atoms with Gasteiger partial charge in [0.15, 0.2) is 6.29 Å². The van der Waals surface area contributed by atoms with Crippen LogP contribution in [0.1, 0.15) is 22.8 Å². The molecule has 0 saturated carbocycles. The maximum atomic E-state index is 12.6. The molecule has 0 unspecified atom stereocenters. The number of hydrogen-bond donors (Lipinski definition) is 0. The number of ether oxygens (including phenoxy) is 2. The smallest absolute Gasteiger partial charge is 0.416 e. The molecule has 2 rings (SSSR count). The average molecular weight is 310 g/mol. The Morgan fingerprint density at radius 3 is 2.23 bits per heavy atom. The summed E-state index contributed by atoms with van der Waals surface area (Å²) in [7, 11) is 0. The third kappa shape index (κ3) is 3.78. The fourth-order valence-electron chi connectivity index (χ4n) is 1.81. The Morgan fingerprint density at radius 1 is 1.05 bits per heavy atom. The Morgan fingerprint density at radius 2 is 1.68 bits per heavy atom. The van der Waals surface area contributed by atoms with Crippen LogP contribution < -0.4 is 9.47 Å². The van der Waals surface area contributed by atoms with Crippen LogP contribution in [0.3, 0.4) is 0 Å². The first-order chi connectivity index (χ1) is 10.4. The van der Waals surface area contributed by atoms with Crippen molar-refractivity contribution < 1.29 is 27.4 Å². The monoisotopic (exact) mass is 310 g/mol. The predicted molar refractivity (Wildman–Crippen MR) is 74.5 cm³/mol. The molecular formula is C16H13F3O3. The quantitative estimate of drug-likeness (QED) is 0.750. The van der Waals surface area contributed by atoms with Crippen LogP contribution in [0.2, 0.25) is 0 Å². The van der Waals surface area contributed by atoms with Gasteiger partial charge in [-0.15, -0.1) is 0 Å². The second kappa shape index (κ2) is 6.51. The summed E-state index contributed by atoms with van der Waals surface area (Å²) in [6.07, 6.45) is -4.17. The molecule has 0 N–H and O–H groups in total. The molecule has 6 heteroatoms. The van der Waals surface area contributed by atoms with Crippen molar-refractivity contribution in [3.63, 3.8) is 0 Å². The maximum absolute atomic E-state index is 12.6. The van der Waals surface area contributed by atoms with Crippen molar-refractivity contribution in [2.75, 3.05) is 6.61 Å². The molecule has 0 aliphatic rings. The molecule has 2 aromatic carbocycles. The molecule has 3 nitrogen and oxygen atoms in total. The van der Waals surface area contributed by atoms with Gasteiger partial charge < -0.3 is 9.47 Å². The van der Waals surface area contributed by atoms with Gasteiger partial charge in [0.05, 0.1) is 17.7 Å². The lowest BCUT2D eigenvalue weighted by molar-refractivity contribution is -0.137. The van der Waals surface area contributed by atoms with Gasteiger partial charge in [-0.1, -0.05) is 0 Å². The minimum atomic E-state index is -4.50. The summed E-state index contributed by atoms with van der Waals surface area (Å²) in [5, 5.41) is 0. The molecule has 0 aliphatic carbocycles. The lowest BCUT2D eigenvalue weighted by atomic mass is 10.1. The van der Waals surface area contributed by atoms with E-state index in [0.29, 0.717) is 24.4 Å². The average Bonchev–Trinajstić information content (AvgIpc) is 2.49. The Labute approximate surface area is 125 Å². The molecule has 0 saturated heterocycles. The summed E-state index contributed by atoms with van der Waals surface area (Å²) in [6, 6.07) is 9.32. The molecule has 0 fully saturated rings. The first-order valence-corrected chi connectivity index (χ1v) is 6.51. The van der Waals surface area contributed by atoms with Gasteiger partial charge in [0.2, 0.25) is 0 Å². The van der Waals surface area contributed by atoms with E-state index in [-0.39, 0.29) is 11.3 Å². The highest BCUT2D eigenvalue weighted by Gasteiger charge is 2.31. The number of rotatable bonds is 5. The van der Waals surface area contributed by atoms with E-state index in [4.69, 9.17) is 9.47 Å². The standard InChI is InChI=1S/C16H13F3O3/c1-2-21-13-4-6-14(7-5-13)22-15-8-3-12(16(17,18)19)9-11(15)10-20/h3-10H,2H2,1H3. The largest absolute Gasteiger partial charge is 0.494 e. The fourth-order valence-corrected chi connectivity index (χ4v) is 1.81. The van der Waals surface area contributed by atoms with Crippen molar-refractivity contribution in [3.8, 4) is 17.2 Å². The zero-order valence-corrected chi connectivity index (χ0v) is 11.7. The second-order valence-electron chi connectivity index (χ2n) is 4.37. The summed E-state index contributed by atoms with van der Waals surface area (Å²) < 4.78 is 48.5.